The highest BCUT2D eigenvalue weighted by atomic mass is 32.1. The summed E-state index contributed by atoms with van der Waals surface area (Å²) >= 11 is 1.33. The molecule has 0 saturated heterocycles. The van der Waals surface area contributed by atoms with E-state index in [1.165, 1.54) is 18.3 Å². The van der Waals surface area contributed by atoms with Crippen molar-refractivity contribution < 1.29 is 18.8 Å². The first-order chi connectivity index (χ1) is 15.0. The van der Waals surface area contributed by atoms with E-state index >= 15 is 0 Å². The molecule has 0 unspecified atom stereocenters. The van der Waals surface area contributed by atoms with Gasteiger partial charge in [-0.3, -0.25) is 30.0 Å². The van der Waals surface area contributed by atoms with Gasteiger partial charge in [-0.2, -0.15) is 0 Å². The maximum Gasteiger partial charge on any atom is 0.272 e. The number of carbonyl (C=O) groups excluding carboxylic acids is 3. The Kier molecular flexibility index (Phi) is 5.85. The van der Waals surface area contributed by atoms with Crippen LogP contribution in [-0.4, -0.2) is 17.7 Å². The van der Waals surface area contributed by atoms with Crippen molar-refractivity contribution in [1.29, 1.82) is 0 Å². The van der Waals surface area contributed by atoms with E-state index in [1.54, 1.807) is 24.3 Å². The number of aryl methyl sites for hydroxylation is 1. The molecule has 1 aromatic carbocycles. The van der Waals surface area contributed by atoms with Crippen LogP contribution in [0.5, 0.6) is 0 Å². The summed E-state index contributed by atoms with van der Waals surface area (Å²) in [6.45, 7) is 1.29. The highest BCUT2D eigenvalue weighted by molar-refractivity contribution is 7.17. The fourth-order valence-electron chi connectivity index (χ4n) is 3.68. The van der Waals surface area contributed by atoms with Gasteiger partial charge < -0.3 is 9.73 Å². The number of carbonyl (C=O) groups is 3. The van der Waals surface area contributed by atoms with Crippen molar-refractivity contribution in [3.8, 4) is 0 Å². The summed E-state index contributed by atoms with van der Waals surface area (Å²) in [5, 5.41) is 3.38. The molecule has 3 N–H and O–H groups in total. The molecule has 31 heavy (non-hydrogen) atoms. The number of para-hydroxylation sites is 1. The first-order valence-corrected chi connectivity index (χ1v) is 10.8. The second-order valence-electron chi connectivity index (χ2n) is 7.33. The van der Waals surface area contributed by atoms with Gasteiger partial charge in [0.2, 0.25) is 11.3 Å². The molecular formula is C22H21N3O5S. The summed E-state index contributed by atoms with van der Waals surface area (Å²) < 4.78 is 5.44. The van der Waals surface area contributed by atoms with Crippen LogP contribution in [0, 0.1) is 0 Å². The van der Waals surface area contributed by atoms with Crippen LogP contribution in [0.2, 0.25) is 0 Å². The SMILES string of the molecule is CC(=O)NNC(=O)c1c(NC(=O)c2coc3ccccc3c2=O)sc2c1CCCCC2. The van der Waals surface area contributed by atoms with Gasteiger partial charge in [-0.25, -0.2) is 0 Å². The molecule has 1 aliphatic carbocycles. The number of amides is 3. The van der Waals surface area contributed by atoms with E-state index in [-0.39, 0.29) is 5.56 Å². The van der Waals surface area contributed by atoms with Crippen molar-refractivity contribution in [2.24, 2.45) is 0 Å². The largest absolute Gasteiger partial charge is 0.463 e. The smallest absolute Gasteiger partial charge is 0.272 e. The predicted molar refractivity (Wildman–Crippen MR) is 117 cm³/mol. The van der Waals surface area contributed by atoms with Crippen LogP contribution in [0.1, 0.15) is 57.3 Å². The van der Waals surface area contributed by atoms with E-state index < -0.39 is 23.2 Å². The van der Waals surface area contributed by atoms with Gasteiger partial charge in [0.15, 0.2) is 0 Å². The topological polar surface area (TPSA) is 118 Å². The Morgan fingerprint density at radius 3 is 2.58 bits per heavy atom. The summed E-state index contributed by atoms with van der Waals surface area (Å²) in [4.78, 5) is 50.8. The number of hydrogen-bond donors (Lipinski definition) is 3. The number of anilines is 1. The number of benzene rings is 1. The Morgan fingerprint density at radius 1 is 1.00 bits per heavy atom. The van der Waals surface area contributed by atoms with E-state index in [2.05, 4.69) is 16.2 Å². The van der Waals surface area contributed by atoms with Gasteiger partial charge >= 0.3 is 0 Å². The number of thiophene rings is 1. The summed E-state index contributed by atoms with van der Waals surface area (Å²) in [6.07, 6.45) is 5.66. The molecule has 0 radical (unpaired) electrons. The third kappa shape index (κ3) is 4.22. The third-order valence-corrected chi connectivity index (χ3v) is 6.36. The van der Waals surface area contributed by atoms with Crippen molar-refractivity contribution >= 4 is 45.0 Å². The Labute approximate surface area is 181 Å². The van der Waals surface area contributed by atoms with Crippen LogP contribution in [0.4, 0.5) is 5.00 Å². The lowest BCUT2D eigenvalue weighted by molar-refractivity contribution is -0.119. The van der Waals surface area contributed by atoms with Crippen LogP contribution in [-0.2, 0) is 17.6 Å². The molecule has 0 saturated carbocycles. The van der Waals surface area contributed by atoms with Gasteiger partial charge in [-0.15, -0.1) is 11.3 Å². The maximum atomic E-state index is 12.9. The number of hydrogen-bond acceptors (Lipinski definition) is 6. The van der Waals surface area contributed by atoms with Gasteiger partial charge in [0.1, 0.15) is 22.4 Å². The van der Waals surface area contributed by atoms with Crippen molar-refractivity contribution in [2.45, 2.75) is 39.0 Å². The zero-order valence-corrected chi connectivity index (χ0v) is 17.7. The van der Waals surface area contributed by atoms with Crippen LogP contribution in [0.3, 0.4) is 0 Å². The summed E-state index contributed by atoms with van der Waals surface area (Å²) in [6, 6.07) is 6.68. The minimum absolute atomic E-state index is 0.143. The molecule has 3 amide bonds. The van der Waals surface area contributed by atoms with Crippen molar-refractivity contribution in [2.75, 3.05) is 5.32 Å². The predicted octanol–water partition coefficient (Wildman–Crippen LogP) is 3.16. The zero-order valence-electron chi connectivity index (χ0n) is 16.9. The van der Waals surface area contributed by atoms with E-state index in [0.29, 0.717) is 28.0 Å². The number of hydrazine groups is 1. The lowest BCUT2D eigenvalue weighted by Crippen LogP contribution is -2.40. The fourth-order valence-corrected chi connectivity index (χ4v) is 4.97. The monoisotopic (exact) mass is 439 g/mol. The van der Waals surface area contributed by atoms with Crippen molar-refractivity contribution in [3.63, 3.8) is 0 Å². The number of fused-ring (bicyclic) bond motifs is 2. The normalized spacial score (nSPS) is 13.2. The Morgan fingerprint density at radius 2 is 1.77 bits per heavy atom. The Bertz CT molecular complexity index is 1240. The molecule has 0 spiro atoms. The van der Waals surface area contributed by atoms with Gasteiger partial charge in [0.25, 0.3) is 11.8 Å². The molecule has 4 rings (SSSR count). The van der Waals surface area contributed by atoms with Gasteiger partial charge in [-0.05, 0) is 43.4 Å². The zero-order chi connectivity index (χ0) is 22.0. The molecule has 9 heteroatoms. The van der Waals surface area contributed by atoms with Gasteiger partial charge in [-0.1, -0.05) is 18.6 Å². The molecule has 1 aliphatic rings. The van der Waals surface area contributed by atoms with Crippen LogP contribution in [0.25, 0.3) is 11.0 Å². The van der Waals surface area contributed by atoms with E-state index in [1.807, 2.05) is 0 Å². The van der Waals surface area contributed by atoms with E-state index in [4.69, 9.17) is 4.42 Å². The molecule has 0 bridgehead atoms. The van der Waals surface area contributed by atoms with Gasteiger partial charge in [0.05, 0.1) is 10.9 Å². The fraction of sp³-hybridized carbons (Fsp3) is 0.273. The second-order valence-corrected chi connectivity index (χ2v) is 8.44. The van der Waals surface area contributed by atoms with Crippen molar-refractivity contribution in [3.05, 3.63) is 62.3 Å². The summed E-state index contributed by atoms with van der Waals surface area (Å²) in [7, 11) is 0. The molecule has 0 aliphatic heterocycles. The summed E-state index contributed by atoms with van der Waals surface area (Å²) in [5.74, 6) is -1.56. The molecule has 8 nitrogen and oxygen atoms in total. The second kappa shape index (κ2) is 8.73. The Hall–Kier alpha value is -3.46. The lowest BCUT2D eigenvalue weighted by Gasteiger charge is -2.10. The van der Waals surface area contributed by atoms with E-state index in [0.717, 1.165) is 42.4 Å². The number of rotatable bonds is 3. The molecule has 0 fully saturated rings. The molecular weight excluding hydrogens is 418 g/mol. The molecule has 2 aromatic heterocycles. The molecule has 3 aromatic rings. The third-order valence-electron chi connectivity index (χ3n) is 5.15. The first kappa shape index (κ1) is 20.8. The van der Waals surface area contributed by atoms with Crippen LogP contribution in [0.15, 0.2) is 39.7 Å². The lowest BCUT2D eigenvalue weighted by atomic mass is 10.0. The van der Waals surface area contributed by atoms with Gasteiger partial charge in [0, 0.05) is 11.8 Å². The highest BCUT2D eigenvalue weighted by Gasteiger charge is 2.27. The first-order valence-electron chi connectivity index (χ1n) is 9.99. The molecule has 2 heterocycles. The standard InChI is InChI=1S/C22H21N3O5S/c1-12(26)24-25-21(29)18-14-8-3-2-4-10-17(14)31-22(18)23-20(28)15-11-30-16-9-6-5-7-13(16)19(15)27/h5-7,9,11H,2-4,8,10H2,1H3,(H,23,28)(H,24,26)(H,25,29). The van der Waals surface area contributed by atoms with Crippen LogP contribution < -0.4 is 21.6 Å². The van der Waals surface area contributed by atoms with E-state index in [9.17, 15) is 19.2 Å². The minimum atomic E-state index is -0.649. The van der Waals surface area contributed by atoms with Crippen LogP contribution >= 0.6 is 11.3 Å². The maximum absolute atomic E-state index is 12.9. The number of nitrogens with one attached hydrogen (secondary N) is 3. The highest BCUT2D eigenvalue weighted by Crippen LogP contribution is 2.37. The molecule has 0 atom stereocenters. The molecule has 160 valence electrons. The summed E-state index contributed by atoms with van der Waals surface area (Å²) in [5.41, 5.74) is 5.68. The average molecular weight is 439 g/mol. The average Bonchev–Trinajstić information content (AvgIpc) is 2.92. The van der Waals surface area contributed by atoms with Crippen molar-refractivity contribution in [1.82, 2.24) is 10.9 Å². The quantitative estimate of drug-likeness (QED) is 0.428. The minimum Gasteiger partial charge on any atom is -0.463 e. The Balaban J connectivity index is 1.70.